The number of ether oxygens (including phenoxy) is 1. The van der Waals surface area contributed by atoms with Gasteiger partial charge in [0.1, 0.15) is 12.9 Å². The number of carbonyl (C=O) groups is 1. The number of rotatable bonds is 2. The molecule has 0 aromatic rings. The summed E-state index contributed by atoms with van der Waals surface area (Å²) in [6.07, 6.45) is 0.708. The second-order valence-electron chi connectivity index (χ2n) is 0.622. The Balaban J connectivity index is 0. The Labute approximate surface area is 56.0 Å². The summed E-state index contributed by atoms with van der Waals surface area (Å²) in [5, 5.41) is 0. The Hall–Kier alpha value is 0.513. The van der Waals surface area contributed by atoms with Crippen molar-refractivity contribution >= 4 is 32.5 Å². The second kappa shape index (κ2) is 9.10. The van der Waals surface area contributed by atoms with Crippen molar-refractivity contribution in [3.8, 4) is 0 Å². The molecule has 0 bridgehead atoms. The molecule has 0 saturated heterocycles. The summed E-state index contributed by atoms with van der Waals surface area (Å²) in [6, 6.07) is 0. The fourth-order valence-corrected chi connectivity index (χ4v) is 0.0680. The molecule has 0 unspecified atom stereocenters. The predicted molar refractivity (Wildman–Crippen MR) is 27.9 cm³/mol. The van der Waals surface area contributed by atoms with Crippen molar-refractivity contribution in [1.82, 2.24) is 0 Å². The van der Waals surface area contributed by atoms with Gasteiger partial charge in [-0.25, -0.2) is 0 Å². The van der Waals surface area contributed by atoms with Gasteiger partial charge in [-0.1, -0.05) is 0 Å². The fourth-order valence-electron chi connectivity index (χ4n) is 0.0680. The van der Waals surface area contributed by atoms with Crippen LogP contribution < -0.4 is 0 Å². The Morgan fingerprint density at radius 1 is 1.83 bits per heavy atom. The van der Waals surface area contributed by atoms with Crippen molar-refractivity contribution in [2.45, 2.75) is 0 Å². The third kappa shape index (κ3) is 8.82. The first-order valence-electron chi connectivity index (χ1n) is 1.34. The topological polar surface area (TPSA) is 26.3 Å². The van der Waals surface area contributed by atoms with E-state index in [1.807, 2.05) is 0 Å². The summed E-state index contributed by atoms with van der Waals surface area (Å²) in [5.41, 5.74) is 0. The van der Waals surface area contributed by atoms with Crippen LogP contribution in [-0.4, -0.2) is 46.2 Å². The zero-order valence-electron chi connectivity index (χ0n) is 3.81. The van der Waals surface area contributed by atoms with E-state index >= 15 is 0 Å². The molecule has 0 aromatic carbocycles. The number of methoxy groups -OCH3 is 1. The Bertz CT molecular complexity index is 30.0. The zero-order valence-corrected chi connectivity index (χ0v) is 9.31. The average molecular weight is 286 g/mol. The normalized spacial score (nSPS) is 6.17. The standard InChI is InChI=1S/C3H6O2.Bi.3H/c1-5-3-2-4;;;;/h2H,3H2,1H3;;;;. The van der Waals surface area contributed by atoms with Crippen molar-refractivity contribution < 1.29 is 9.53 Å². The summed E-state index contributed by atoms with van der Waals surface area (Å²) >= 11 is 0. The molecular weight excluding hydrogens is 277 g/mol. The van der Waals surface area contributed by atoms with E-state index in [0.29, 0.717) is 6.29 Å². The van der Waals surface area contributed by atoms with Gasteiger partial charge in [-0.2, -0.15) is 0 Å². The van der Waals surface area contributed by atoms with Gasteiger partial charge >= 0.3 is 26.2 Å². The van der Waals surface area contributed by atoms with E-state index in [1.165, 1.54) is 7.11 Å². The Morgan fingerprint density at radius 3 is 2.33 bits per heavy atom. The van der Waals surface area contributed by atoms with Crippen LogP contribution in [0.1, 0.15) is 0 Å². The average Bonchev–Trinajstić information content (AvgIpc) is 1.41. The summed E-state index contributed by atoms with van der Waals surface area (Å²) in [6.45, 7) is 0.208. The maximum absolute atomic E-state index is 9.28. The van der Waals surface area contributed by atoms with Gasteiger partial charge in [0, 0.05) is 7.11 Å². The summed E-state index contributed by atoms with van der Waals surface area (Å²) in [4.78, 5) is 9.28. The number of hydrogen-bond acceptors (Lipinski definition) is 2. The molecule has 3 heteroatoms. The number of hydrogen-bond donors (Lipinski definition) is 0. The third-order valence-electron chi connectivity index (χ3n) is 0.235. The molecule has 0 atom stereocenters. The molecule has 38 valence electrons. The molecule has 0 saturated carbocycles. The molecule has 0 N–H and O–H groups in total. The predicted octanol–water partition coefficient (Wildman–Crippen LogP) is -1.35. The minimum absolute atomic E-state index is 0. The first kappa shape index (κ1) is 9.72. The molecule has 2 nitrogen and oxygen atoms in total. The molecule has 0 aliphatic heterocycles. The summed E-state index contributed by atoms with van der Waals surface area (Å²) < 4.78 is 4.32. The molecule has 0 fully saturated rings. The van der Waals surface area contributed by atoms with Gasteiger partial charge in [0.15, 0.2) is 0 Å². The van der Waals surface area contributed by atoms with E-state index in [1.54, 1.807) is 0 Å². The minimum atomic E-state index is 0. The van der Waals surface area contributed by atoms with E-state index in [2.05, 4.69) is 4.74 Å². The van der Waals surface area contributed by atoms with Crippen LogP contribution in [0, 0.1) is 0 Å². The van der Waals surface area contributed by atoms with Crippen molar-refractivity contribution in [2.24, 2.45) is 0 Å². The molecule has 0 heterocycles. The van der Waals surface area contributed by atoms with Crippen LogP contribution >= 0.6 is 0 Å². The van der Waals surface area contributed by atoms with Crippen molar-refractivity contribution in [1.29, 1.82) is 0 Å². The van der Waals surface area contributed by atoms with Crippen LogP contribution in [0.5, 0.6) is 0 Å². The molecule has 0 aromatic heterocycles. The van der Waals surface area contributed by atoms with Crippen LogP contribution in [-0.2, 0) is 9.53 Å². The third-order valence-corrected chi connectivity index (χ3v) is 0.235. The van der Waals surface area contributed by atoms with E-state index in [9.17, 15) is 4.79 Å². The SMILES string of the molecule is COCC=O.[BiH3]. The van der Waals surface area contributed by atoms with Crippen LogP contribution in [0.3, 0.4) is 0 Å². The zero-order chi connectivity index (χ0) is 4.12. The van der Waals surface area contributed by atoms with Crippen LogP contribution in [0.25, 0.3) is 0 Å². The molecule has 0 radical (unpaired) electrons. The van der Waals surface area contributed by atoms with Gasteiger partial charge in [-0.15, -0.1) is 0 Å². The van der Waals surface area contributed by atoms with Crippen molar-refractivity contribution in [2.75, 3.05) is 13.7 Å². The quantitative estimate of drug-likeness (QED) is 0.463. The molecule has 0 spiro atoms. The first-order chi connectivity index (χ1) is 2.41. The second-order valence-corrected chi connectivity index (χ2v) is 0.622. The molecule has 0 aliphatic rings. The number of aldehydes is 1. The van der Waals surface area contributed by atoms with E-state index in [0.717, 1.165) is 0 Å². The van der Waals surface area contributed by atoms with Crippen LogP contribution in [0.4, 0.5) is 0 Å². The van der Waals surface area contributed by atoms with E-state index < -0.39 is 0 Å². The van der Waals surface area contributed by atoms with Crippen molar-refractivity contribution in [3.05, 3.63) is 0 Å². The van der Waals surface area contributed by atoms with E-state index in [4.69, 9.17) is 0 Å². The molecule has 0 rings (SSSR count). The van der Waals surface area contributed by atoms with Crippen molar-refractivity contribution in [3.63, 3.8) is 0 Å². The Morgan fingerprint density at radius 2 is 2.33 bits per heavy atom. The monoisotopic (exact) mass is 286 g/mol. The van der Waals surface area contributed by atoms with Crippen LogP contribution in [0.15, 0.2) is 0 Å². The first-order valence-corrected chi connectivity index (χ1v) is 1.34. The van der Waals surface area contributed by atoms with Gasteiger partial charge in [0.05, 0.1) is 0 Å². The molecule has 6 heavy (non-hydrogen) atoms. The summed E-state index contributed by atoms with van der Waals surface area (Å²) in [5.74, 6) is 0. The van der Waals surface area contributed by atoms with Gasteiger partial charge < -0.3 is 9.53 Å². The van der Waals surface area contributed by atoms with Crippen LogP contribution in [0.2, 0.25) is 0 Å². The van der Waals surface area contributed by atoms with Gasteiger partial charge in [0.2, 0.25) is 0 Å². The van der Waals surface area contributed by atoms with Gasteiger partial charge in [-0.3, -0.25) is 0 Å². The van der Waals surface area contributed by atoms with E-state index in [-0.39, 0.29) is 32.8 Å². The fraction of sp³-hybridized carbons (Fsp3) is 0.667. The molecule has 0 amide bonds. The molecule has 0 aliphatic carbocycles. The maximum atomic E-state index is 9.28. The van der Waals surface area contributed by atoms with Gasteiger partial charge in [0.25, 0.3) is 0 Å². The summed E-state index contributed by atoms with van der Waals surface area (Å²) in [7, 11) is 1.48. The van der Waals surface area contributed by atoms with Gasteiger partial charge in [-0.05, 0) is 0 Å². The number of carbonyl (C=O) groups excluding carboxylic acids is 1. The Kier molecular flexibility index (Phi) is 14.7. The molecular formula is C3H9BiO2.